The quantitative estimate of drug-likeness (QED) is 0.795. The fraction of sp³-hybridized carbons (Fsp3) is 0.375. The molecule has 0 spiro atoms. The molecular weight excluding hydrogens is 299 g/mol. The van der Waals surface area contributed by atoms with Gasteiger partial charge in [-0.3, -0.25) is 0 Å². The lowest BCUT2D eigenvalue weighted by Crippen LogP contribution is -2.37. The van der Waals surface area contributed by atoms with E-state index < -0.39 is 0 Å². The maximum Gasteiger partial charge on any atom is 0.184 e. The maximum absolute atomic E-state index is 13.6. The molecule has 1 aromatic carbocycles. The van der Waals surface area contributed by atoms with Gasteiger partial charge in [0.2, 0.25) is 0 Å². The number of aryl methyl sites for hydroxylation is 1. The van der Waals surface area contributed by atoms with Crippen LogP contribution in [0.1, 0.15) is 18.4 Å². The molecule has 3 aromatic rings. The number of aromatic nitrogens is 3. The van der Waals surface area contributed by atoms with Gasteiger partial charge in [-0.15, -0.1) is 0 Å². The summed E-state index contributed by atoms with van der Waals surface area (Å²) < 4.78 is 16.7. The van der Waals surface area contributed by atoms with Crippen molar-refractivity contribution in [3.63, 3.8) is 0 Å². The number of anilines is 1. The zero-order valence-electron chi connectivity index (χ0n) is 12.3. The van der Waals surface area contributed by atoms with Crippen LogP contribution in [0.3, 0.4) is 0 Å². The van der Waals surface area contributed by atoms with Crippen LogP contribution < -0.4 is 5.32 Å². The summed E-state index contributed by atoms with van der Waals surface area (Å²) in [5, 5.41) is 4.38. The van der Waals surface area contributed by atoms with Crippen LogP contribution in [0.4, 0.5) is 9.52 Å². The number of thiazole rings is 1. The third kappa shape index (κ3) is 2.47. The molecule has 1 aliphatic carbocycles. The minimum absolute atomic E-state index is 0.187. The number of imidazole rings is 1. The predicted molar refractivity (Wildman–Crippen MR) is 86.7 cm³/mol. The van der Waals surface area contributed by atoms with Gasteiger partial charge in [0.1, 0.15) is 5.82 Å². The Labute approximate surface area is 132 Å². The Balaban J connectivity index is 1.40. The van der Waals surface area contributed by atoms with Gasteiger partial charge in [-0.1, -0.05) is 11.3 Å². The van der Waals surface area contributed by atoms with E-state index in [0.29, 0.717) is 17.5 Å². The minimum atomic E-state index is -0.187. The molecule has 22 heavy (non-hydrogen) atoms. The average Bonchev–Trinajstić information content (AvgIpc) is 3.10. The van der Waals surface area contributed by atoms with Crippen molar-refractivity contribution < 1.29 is 4.39 Å². The molecule has 0 amide bonds. The Hall–Kier alpha value is -1.95. The second kappa shape index (κ2) is 5.35. The molecular formula is C16H17FN4S. The molecule has 4 rings (SSSR count). The summed E-state index contributed by atoms with van der Waals surface area (Å²) in [4.78, 5) is 8.62. The fourth-order valence-corrected chi connectivity index (χ4v) is 4.03. The highest BCUT2D eigenvalue weighted by Gasteiger charge is 2.29. The summed E-state index contributed by atoms with van der Waals surface area (Å²) in [6, 6.07) is 3.80. The van der Waals surface area contributed by atoms with E-state index >= 15 is 0 Å². The molecule has 1 aliphatic rings. The second-order valence-corrected chi connectivity index (χ2v) is 7.01. The molecule has 4 nitrogen and oxygen atoms in total. The van der Waals surface area contributed by atoms with Gasteiger partial charge in [-0.05, 0) is 37.8 Å². The van der Waals surface area contributed by atoms with Gasteiger partial charge >= 0.3 is 0 Å². The highest BCUT2D eigenvalue weighted by molar-refractivity contribution is 7.22. The number of fused-ring (bicyclic) bond motifs is 1. The van der Waals surface area contributed by atoms with Crippen LogP contribution in [0.5, 0.6) is 0 Å². The summed E-state index contributed by atoms with van der Waals surface area (Å²) in [7, 11) is 0. The molecule has 2 heterocycles. The molecule has 1 saturated carbocycles. The molecule has 2 aromatic heterocycles. The zero-order chi connectivity index (χ0) is 15.1. The van der Waals surface area contributed by atoms with Crippen LogP contribution in [0, 0.1) is 18.7 Å². The maximum atomic E-state index is 13.6. The van der Waals surface area contributed by atoms with Crippen molar-refractivity contribution >= 4 is 26.7 Å². The van der Waals surface area contributed by atoms with E-state index in [0.717, 1.165) is 34.7 Å². The number of hydrogen-bond acceptors (Lipinski definition) is 4. The first-order valence-corrected chi connectivity index (χ1v) is 8.28. The lowest BCUT2D eigenvalue weighted by molar-refractivity contribution is 0.249. The van der Waals surface area contributed by atoms with Crippen LogP contribution >= 0.6 is 11.3 Å². The second-order valence-electron chi connectivity index (χ2n) is 5.98. The van der Waals surface area contributed by atoms with E-state index in [1.54, 1.807) is 18.3 Å². The molecule has 0 bridgehead atoms. The largest absolute Gasteiger partial charge is 0.359 e. The summed E-state index contributed by atoms with van der Waals surface area (Å²) in [6.07, 6.45) is 7.97. The van der Waals surface area contributed by atoms with Gasteiger partial charge < -0.3 is 9.88 Å². The highest BCUT2D eigenvalue weighted by atomic mass is 32.1. The van der Waals surface area contributed by atoms with Crippen molar-refractivity contribution in [2.75, 3.05) is 5.32 Å². The van der Waals surface area contributed by atoms with Crippen molar-refractivity contribution in [1.29, 1.82) is 0 Å². The molecule has 1 fully saturated rings. The van der Waals surface area contributed by atoms with Crippen molar-refractivity contribution in [2.45, 2.75) is 32.4 Å². The molecule has 0 saturated heterocycles. The van der Waals surface area contributed by atoms with Gasteiger partial charge in [0.15, 0.2) is 5.13 Å². The third-order valence-corrected chi connectivity index (χ3v) is 5.29. The number of hydrogen-bond donors (Lipinski definition) is 1. The Morgan fingerprint density at radius 2 is 2.27 bits per heavy atom. The lowest BCUT2D eigenvalue weighted by Gasteiger charge is -2.35. The fourth-order valence-electron chi connectivity index (χ4n) is 3.03. The average molecular weight is 316 g/mol. The van der Waals surface area contributed by atoms with Gasteiger partial charge in [0.25, 0.3) is 0 Å². The predicted octanol–water partition coefficient (Wildman–Crippen LogP) is 3.83. The SMILES string of the molecule is Cc1c(F)ccc2sc(NC3CC(Cn4ccnc4)C3)nc12. The standard InChI is InChI=1S/C16H17FN4S/c1-10-13(17)2-3-14-15(10)20-16(22-14)19-12-6-11(7-12)8-21-5-4-18-9-21/h2-5,9,11-12H,6-8H2,1H3,(H,19,20). The van der Waals surface area contributed by atoms with Crippen molar-refractivity contribution in [3.8, 4) is 0 Å². The summed E-state index contributed by atoms with van der Waals surface area (Å²) in [6.45, 7) is 2.81. The third-order valence-electron chi connectivity index (χ3n) is 4.34. The Morgan fingerprint density at radius 3 is 3.05 bits per heavy atom. The Morgan fingerprint density at radius 1 is 1.41 bits per heavy atom. The summed E-state index contributed by atoms with van der Waals surface area (Å²) >= 11 is 1.60. The van der Waals surface area contributed by atoms with Crippen LogP contribution in [0.2, 0.25) is 0 Å². The minimum Gasteiger partial charge on any atom is -0.359 e. The first kappa shape index (κ1) is 13.7. The Bertz CT molecular complexity index is 790. The van der Waals surface area contributed by atoms with Gasteiger partial charge in [0, 0.05) is 30.5 Å². The smallest absolute Gasteiger partial charge is 0.184 e. The summed E-state index contributed by atoms with van der Waals surface area (Å²) in [5.74, 6) is 0.508. The van der Waals surface area contributed by atoms with E-state index in [2.05, 4.69) is 19.9 Å². The molecule has 114 valence electrons. The van der Waals surface area contributed by atoms with Gasteiger partial charge in [-0.2, -0.15) is 0 Å². The van der Waals surface area contributed by atoms with Crippen LogP contribution in [0.25, 0.3) is 10.2 Å². The van der Waals surface area contributed by atoms with E-state index in [9.17, 15) is 4.39 Å². The number of benzene rings is 1. The topological polar surface area (TPSA) is 42.7 Å². The van der Waals surface area contributed by atoms with Gasteiger partial charge in [-0.25, -0.2) is 14.4 Å². The number of rotatable bonds is 4. The van der Waals surface area contributed by atoms with Crippen LogP contribution in [0.15, 0.2) is 30.9 Å². The van der Waals surface area contributed by atoms with E-state index in [4.69, 9.17) is 0 Å². The summed E-state index contributed by atoms with van der Waals surface area (Å²) in [5.41, 5.74) is 1.41. The molecule has 0 unspecified atom stereocenters. The normalized spacial score (nSPS) is 21.0. The van der Waals surface area contributed by atoms with E-state index in [-0.39, 0.29) is 5.82 Å². The number of nitrogens with one attached hydrogen (secondary N) is 1. The van der Waals surface area contributed by atoms with Gasteiger partial charge in [0.05, 0.1) is 16.5 Å². The number of halogens is 1. The molecule has 0 atom stereocenters. The van der Waals surface area contributed by atoms with Crippen LogP contribution in [-0.4, -0.2) is 20.6 Å². The molecule has 0 radical (unpaired) electrons. The first-order chi connectivity index (χ1) is 10.7. The van der Waals surface area contributed by atoms with E-state index in [1.165, 1.54) is 6.07 Å². The number of nitrogens with zero attached hydrogens (tertiary/aromatic N) is 3. The molecule has 1 N–H and O–H groups in total. The van der Waals surface area contributed by atoms with Crippen molar-refractivity contribution in [3.05, 3.63) is 42.2 Å². The highest BCUT2D eigenvalue weighted by Crippen LogP contribution is 2.35. The van der Waals surface area contributed by atoms with Crippen LogP contribution in [-0.2, 0) is 6.54 Å². The van der Waals surface area contributed by atoms with E-state index in [1.807, 2.05) is 24.8 Å². The van der Waals surface area contributed by atoms with Crippen molar-refractivity contribution in [1.82, 2.24) is 14.5 Å². The lowest BCUT2D eigenvalue weighted by atomic mass is 9.80. The zero-order valence-corrected chi connectivity index (χ0v) is 13.1. The molecule has 6 heteroatoms. The Kier molecular flexibility index (Phi) is 3.33. The molecule has 0 aliphatic heterocycles. The first-order valence-electron chi connectivity index (χ1n) is 7.47. The monoisotopic (exact) mass is 316 g/mol. The van der Waals surface area contributed by atoms with Crippen molar-refractivity contribution in [2.24, 2.45) is 5.92 Å².